The first-order valence-corrected chi connectivity index (χ1v) is 3.17. The van der Waals surface area contributed by atoms with Crippen molar-refractivity contribution in [3.8, 4) is 0 Å². The summed E-state index contributed by atoms with van der Waals surface area (Å²) in [4.78, 5) is 9.98. The van der Waals surface area contributed by atoms with E-state index in [1.807, 2.05) is 0 Å². The van der Waals surface area contributed by atoms with Crippen molar-refractivity contribution in [1.82, 2.24) is 5.01 Å². The van der Waals surface area contributed by atoms with Crippen LogP contribution in [0.4, 0.5) is 4.79 Å². The maximum atomic E-state index is 9.98. The molecule has 0 saturated carbocycles. The van der Waals surface area contributed by atoms with Gasteiger partial charge in [0.2, 0.25) is 0 Å². The molecule has 0 rings (SSSR count). The zero-order valence-corrected chi connectivity index (χ0v) is 5.84. The number of hydrazine groups is 1. The van der Waals surface area contributed by atoms with Gasteiger partial charge in [0.25, 0.3) is 0 Å². The average Bonchev–Trinajstić information content (AvgIpc) is 1.82. The number of nitrogens with zero attached hydrogens (tertiary/aromatic N) is 1. The van der Waals surface area contributed by atoms with E-state index in [0.717, 1.165) is 5.01 Å². The fourth-order valence-electron chi connectivity index (χ4n) is 0.337. The lowest BCUT2D eigenvalue weighted by atomic mass is 10.5. The van der Waals surface area contributed by atoms with Gasteiger partial charge in [0.15, 0.2) is 0 Å². The molecule has 0 unspecified atom stereocenters. The van der Waals surface area contributed by atoms with E-state index in [-0.39, 0.29) is 0 Å². The number of rotatable bonds is 3. The molecule has 54 valence electrons. The van der Waals surface area contributed by atoms with Gasteiger partial charge in [-0.3, -0.25) is 0 Å². The second kappa shape index (κ2) is 4.46. The molecule has 0 aromatic carbocycles. The summed E-state index contributed by atoms with van der Waals surface area (Å²) in [5, 5.41) is 8.93. The fourth-order valence-corrected chi connectivity index (χ4v) is 0.478. The highest BCUT2D eigenvalue weighted by atomic mass is 32.1. The van der Waals surface area contributed by atoms with Gasteiger partial charge in [-0.2, -0.15) is 12.6 Å². The largest absolute Gasteiger partial charge is 0.464 e. The lowest BCUT2D eigenvalue weighted by molar-refractivity contribution is 0.146. The Labute approximate surface area is 59.0 Å². The lowest BCUT2D eigenvalue weighted by Crippen LogP contribution is -2.36. The molecule has 0 aliphatic heterocycles. The molecular weight excluding hydrogens is 140 g/mol. The summed E-state index contributed by atoms with van der Waals surface area (Å²) in [6.07, 6.45) is -0.414. The van der Waals surface area contributed by atoms with Gasteiger partial charge in [0, 0.05) is 6.54 Å². The van der Waals surface area contributed by atoms with Gasteiger partial charge in [-0.15, -0.1) is 0 Å². The second-order valence-corrected chi connectivity index (χ2v) is 2.00. The minimum absolute atomic E-state index is 0.346. The third-order valence-corrected chi connectivity index (χ3v) is 1.12. The molecule has 0 aromatic rings. The van der Waals surface area contributed by atoms with Gasteiger partial charge in [-0.1, -0.05) is 0 Å². The zero-order valence-electron chi connectivity index (χ0n) is 4.95. The monoisotopic (exact) mass is 150 g/mol. The molecule has 0 heterocycles. The number of hydrogen-bond donors (Lipinski definition) is 3. The molecule has 0 fully saturated rings. The Balaban J connectivity index is 3.27. The summed E-state index contributed by atoms with van der Waals surface area (Å²) >= 11 is 3.89. The summed E-state index contributed by atoms with van der Waals surface area (Å²) < 4.78 is 0. The summed E-state index contributed by atoms with van der Waals surface area (Å²) in [6, 6.07) is 0. The van der Waals surface area contributed by atoms with E-state index in [0.29, 0.717) is 18.7 Å². The van der Waals surface area contributed by atoms with E-state index in [2.05, 4.69) is 12.6 Å². The van der Waals surface area contributed by atoms with Crippen LogP contribution in [0.25, 0.3) is 0 Å². The van der Waals surface area contributed by atoms with Crippen LogP contribution in [0.5, 0.6) is 0 Å². The smallest absolute Gasteiger partial charge is 0.421 e. The van der Waals surface area contributed by atoms with Crippen molar-refractivity contribution in [2.75, 3.05) is 12.3 Å². The number of carbonyl (C=O) groups is 1. The molecule has 0 spiro atoms. The Bertz CT molecular complexity index is 98.6. The van der Waals surface area contributed by atoms with Gasteiger partial charge in [-0.05, 0) is 12.2 Å². The number of carboxylic acid groups (broad SMARTS) is 1. The van der Waals surface area contributed by atoms with Crippen LogP contribution >= 0.6 is 12.6 Å². The Hall–Kier alpha value is -0.420. The Morgan fingerprint density at radius 2 is 2.33 bits per heavy atom. The molecule has 0 radical (unpaired) electrons. The molecule has 1 amide bonds. The first-order valence-electron chi connectivity index (χ1n) is 2.54. The van der Waals surface area contributed by atoms with Gasteiger partial charge >= 0.3 is 6.09 Å². The van der Waals surface area contributed by atoms with Crippen molar-refractivity contribution in [2.24, 2.45) is 5.84 Å². The average molecular weight is 150 g/mol. The van der Waals surface area contributed by atoms with Crippen LogP contribution in [0.15, 0.2) is 0 Å². The maximum absolute atomic E-state index is 9.98. The number of thiol groups is 1. The quantitative estimate of drug-likeness (QED) is 0.232. The predicted octanol–water partition coefficient (Wildman–Crippen LogP) is 0.160. The van der Waals surface area contributed by atoms with E-state index in [9.17, 15) is 4.79 Å². The van der Waals surface area contributed by atoms with Crippen molar-refractivity contribution in [2.45, 2.75) is 6.42 Å². The third kappa shape index (κ3) is 4.11. The predicted molar refractivity (Wildman–Crippen MR) is 37.4 cm³/mol. The Morgan fingerprint density at radius 1 is 1.78 bits per heavy atom. The van der Waals surface area contributed by atoms with E-state index in [1.165, 1.54) is 0 Å². The standard InChI is InChI=1S/C4H10N2O2S/c5-6(4(7)8)2-1-3-9/h9H,1-3,5H2,(H,7,8). The molecule has 0 aliphatic rings. The van der Waals surface area contributed by atoms with Crippen LogP contribution in [-0.4, -0.2) is 28.5 Å². The summed E-state index contributed by atoms with van der Waals surface area (Å²) in [5.74, 6) is 5.66. The highest BCUT2D eigenvalue weighted by molar-refractivity contribution is 7.80. The van der Waals surface area contributed by atoms with Crippen molar-refractivity contribution in [3.05, 3.63) is 0 Å². The number of hydrogen-bond acceptors (Lipinski definition) is 3. The lowest BCUT2D eigenvalue weighted by Gasteiger charge is -2.09. The zero-order chi connectivity index (χ0) is 7.28. The summed E-state index contributed by atoms with van der Waals surface area (Å²) in [6.45, 7) is 0.346. The molecule has 3 N–H and O–H groups in total. The Morgan fingerprint density at radius 3 is 2.67 bits per heavy atom. The second-order valence-electron chi connectivity index (χ2n) is 1.55. The topological polar surface area (TPSA) is 66.6 Å². The van der Waals surface area contributed by atoms with Crippen LogP contribution in [-0.2, 0) is 0 Å². The first kappa shape index (κ1) is 8.58. The normalized spacial score (nSPS) is 9.11. The summed E-state index contributed by atoms with van der Waals surface area (Å²) in [5.41, 5.74) is 0. The molecular formula is C4H10N2O2S. The van der Waals surface area contributed by atoms with Crippen molar-refractivity contribution < 1.29 is 9.90 Å². The van der Waals surface area contributed by atoms with Gasteiger partial charge in [0.1, 0.15) is 0 Å². The number of amides is 1. The molecule has 4 nitrogen and oxygen atoms in total. The minimum atomic E-state index is -1.10. The van der Waals surface area contributed by atoms with Gasteiger partial charge in [-0.25, -0.2) is 15.6 Å². The number of nitrogens with two attached hydrogens (primary N) is 1. The van der Waals surface area contributed by atoms with Crippen LogP contribution in [0.3, 0.4) is 0 Å². The van der Waals surface area contributed by atoms with Crippen molar-refractivity contribution in [1.29, 1.82) is 0 Å². The molecule has 5 heteroatoms. The summed E-state index contributed by atoms with van der Waals surface area (Å²) in [7, 11) is 0. The third-order valence-electron chi connectivity index (χ3n) is 0.803. The minimum Gasteiger partial charge on any atom is -0.464 e. The van der Waals surface area contributed by atoms with Crippen LogP contribution in [0.2, 0.25) is 0 Å². The van der Waals surface area contributed by atoms with Gasteiger partial charge < -0.3 is 5.11 Å². The maximum Gasteiger partial charge on any atom is 0.421 e. The van der Waals surface area contributed by atoms with Crippen molar-refractivity contribution >= 4 is 18.7 Å². The van der Waals surface area contributed by atoms with E-state index in [4.69, 9.17) is 10.9 Å². The van der Waals surface area contributed by atoms with E-state index >= 15 is 0 Å². The molecule has 0 atom stereocenters. The SMILES string of the molecule is NN(CCCS)C(=O)O. The van der Waals surface area contributed by atoms with E-state index < -0.39 is 6.09 Å². The van der Waals surface area contributed by atoms with Crippen LogP contribution in [0.1, 0.15) is 6.42 Å². The first-order chi connectivity index (χ1) is 4.18. The fraction of sp³-hybridized carbons (Fsp3) is 0.750. The molecule has 0 saturated heterocycles. The van der Waals surface area contributed by atoms with Crippen LogP contribution < -0.4 is 5.84 Å². The van der Waals surface area contributed by atoms with Gasteiger partial charge in [0.05, 0.1) is 0 Å². The Kier molecular flexibility index (Phi) is 4.25. The molecule has 0 aliphatic carbocycles. The van der Waals surface area contributed by atoms with Crippen LogP contribution in [0, 0.1) is 0 Å². The molecule has 9 heavy (non-hydrogen) atoms. The highest BCUT2D eigenvalue weighted by Crippen LogP contribution is 1.86. The van der Waals surface area contributed by atoms with E-state index in [1.54, 1.807) is 0 Å². The van der Waals surface area contributed by atoms with Crippen molar-refractivity contribution in [3.63, 3.8) is 0 Å². The molecule has 0 bridgehead atoms. The molecule has 0 aromatic heterocycles. The highest BCUT2D eigenvalue weighted by Gasteiger charge is 2.02.